The van der Waals surface area contributed by atoms with Crippen molar-refractivity contribution < 1.29 is 27.8 Å². The number of ether oxygens (including phenoxy) is 1. The van der Waals surface area contributed by atoms with Gasteiger partial charge in [0, 0.05) is 11.3 Å². The summed E-state index contributed by atoms with van der Waals surface area (Å²) in [6.45, 7) is 1.58. The Hall–Kier alpha value is -2.54. The van der Waals surface area contributed by atoms with Gasteiger partial charge in [0.15, 0.2) is 0 Å². The number of aliphatic hydroxyl groups is 1. The number of alkyl halides is 3. The van der Waals surface area contributed by atoms with Gasteiger partial charge in [-0.3, -0.25) is 4.79 Å². The number of nitrogens with one attached hydrogen (secondary N) is 1. The van der Waals surface area contributed by atoms with Crippen molar-refractivity contribution in [3.8, 4) is 5.75 Å². The molecule has 2 aromatic carbocycles. The highest BCUT2D eigenvalue weighted by Crippen LogP contribution is 2.24. The van der Waals surface area contributed by atoms with Gasteiger partial charge in [-0.05, 0) is 42.3 Å². The molecule has 0 spiro atoms. The summed E-state index contributed by atoms with van der Waals surface area (Å²) in [5.41, 5.74) is 1.88. The molecule has 0 fully saturated rings. The SMILES string of the molecule is Cc1ccc(CO)cc1NC(=O)c1cccc(OC(F)(F)F)c1. The van der Waals surface area contributed by atoms with Crippen LogP contribution in [-0.2, 0) is 6.61 Å². The predicted octanol–water partition coefficient (Wildman–Crippen LogP) is 3.64. The maximum absolute atomic E-state index is 12.2. The van der Waals surface area contributed by atoms with Crippen molar-refractivity contribution in [3.05, 3.63) is 59.2 Å². The zero-order valence-electron chi connectivity index (χ0n) is 12.1. The normalized spacial score (nSPS) is 11.2. The number of carbonyl (C=O) groups is 1. The molecule has 0 aliphatic carbocycles. The van der Waals surface area contributed by atoms with E-state index in [9.17, 15) is 18.0 Å². The molecule has 2 N–H and O–H groups in total. The van der Waals surface area contributed by atoms with Crippen LogP contribution in [-0.4, -0.2) is 17.4 Å². The fourth-order valence-corrected chi connectivity index (χ4v) is 1.93. The molecule has 0 saturated carbocycles. The second-order valence-electron chi connectivity index (χ2n) is 4.84. The number of carbonyl (C=O) groups excluding carboxylic acids is 1. The second-order valence-corrected chi connectivity index (χ2v) is 4.84. The number of anilines is 1. The van der Waals surface area contributed by atoms with E-state index in [-0.39, 0.29) is 12.2 Å². The largest absolute Gasteiger partial charge is 0.573 e. The lowest BCUT2D eigenvalue weighted by molar-refractivity contribution is -0.274. The Morgan fingerprint density at radius 2 is 1.96 bits per heavy atom. The Morgan fingerprint density at radius 1 is 1.22 bits per heavy atom. The molecule has 4 nitrogen and oxygen atoms in total. The van der Waals surface area contributed by atoms with Gasteiger partial charge in [0.2, 0.25) is 0 Å². The molecule has 0 aromatic heterocycles. The number of hydrogen-bond acceptors (Lipinski definition) is 3. The van der Waals surface area contributed by atoms with Crippen LogP contribution in [0.1, 0.15) is 21.5 Å². The van der Waals surface area contributed by atoms with E-state index in [1.165, 1.54) is 12.1 Å². The average molecular weight is 325 g/mol. The summed E-state index contributed by atoms with van der Waals surface area (Å²) >= 11 is 0. The monoisotopic (exact) mass is 325 g/mol. The standard InChI is InChI=1S/C16H14F3NO3/c1-10-5-6-11(9-21)7-14(10)20-15(22)12-3-2-4-13(8-12)23-16(17,18)19/h2-8,21H,9H2,1H3,(H,20,22). The quantitative estimate of drug-likeness (QED) is 0.902. The Labute approximate surface area is 130 Å². The summed E-state index contributed by atoms with van der Waals surface area (Å²) in [4.78, 5) is 12.2. The van der Waals surface area contributed by atoms with Crippen molar-refractivity contribution >= 4 is 11.6 Å². The molecule has 122 valence electrons. The molecule has 0 bridgehead atoms. The topological polar surface area (TPSA) is 58.6 Å². The number of rotatable bonds is 4. The van der Waals surface area contributed by atoms with Crippen molar-refractivity contribution in [1.29, 1.82) is 0 Å². The van der Waals surface area contributed by atoms with E-state index in [1.54, 1.807) is 25.1 Å². The lowest BCUT2D eigenvalue weighted by Gasteiger charge is -2.12. The first-order chi connectivity index (χ1) is 10.8. The molecule has 0 saturated heterocycles. The van der Waals surface area contributed by atoms with Crippen molar-refractivity contribution in [2.24, 2.45) is 0 Å². The summed E-state index contributed by atoms with van der Waals surface area (Å²) in [6.07, 6.45) is -4.82. The first-order valence-corrected chi connectivity index (χ1v) is 6.66. The van der Waals surface area contributed by atoms with Crippen molar-refractivity contribution in [2.45, 2.75) is 19.9 Å². The van der Waals surface area contributed by atoms with Crippen LogP contribution >= 0.6 is 0 Å². The summed E-state index contributed by atoms with van der Waals surface area (Å²) in [6, 6.07) is 9.84. The van der Waals surface area contributed by atoms with Crippen LogP contribution in [0.15, 0.2) is 42.5 Å². The van der Waals surface area contributed by atoms with Gasteiger partial charge in [-0.2, -0.15) is 0 Å². The predicted molar refractivity (Wildman–Crippen MR) is 78.2 cm³/mol. The maximum atomic E-state index is 12.2. The van der Waals surface area contributed by atoms with E-state index in [0.717, 1.165) is 17.7 Å². The lowest BCUT2D eigenvalue weighted by atomic mass is 10.1. The molecule has 7 heteroatoms. The minimum atomic E-state index is -4.82. The summed E-state index contributed by atoms with van der Waals surface area (Å²) < 4.78 is 40.4. The molecule has 23 heavy (non-hydrogen) atoms. The van der Waals surface area contributed by atoms with E-state index in [1.807, 2.05) is 0 Å². The van der Waals surface area contributed by atoms with E-state index >= 15 is 0 Å². The minimum absolute atomic E-state index is 0.0283. The molecule has 0 radical (unpaired) electrons. The average Bonchev–Trinajstić information content (AvgIpc) is 2.48. The van der Waals surface area contributed by atoms with Crippen molar-refractivity contribution in [3.63, 3.8) is 0 Å². The summed E-state index contributed by atoms with van der Waals surface area (Å²) in [5, 5.41) is 11.7. The lowest BCUT2D eigenvalue weighted by Crippen LogP contribution is -2.18. The van der Waals surface area contributed by atoms with Crippen LogP contribution in [0.2, 0.25) is 0 Å². The van der Waals surface area contributed by atoms with Gasteiger partial charge in [0.25, 0.3) is 5.91 Å². The van der Waals surface area contributed by atoms with Crippen molar-refractivity contribution in [2.75, 3.05) is 5.32 Å². The molecular weight excluding hydrogens is 311 g/mol. The third kappa shape index (κ3) is 4.72. The third-order valence-corrected chi connectivity index (χ3v) is 3.06. The molecular formula is C16H14F3NO3. The van der Waals surface area contributed by atoms with Gasteiger partial charge >= 0.3 is 6.36 Å². The summed E-state index contributed by atoms with van der Waals surface area (Å²) in [5.74, 6) is -1.04. The van der Waals surface area contributed by atoms with Crippen LogP contribution in [0.5, 0.6) is 5.75 Å². The highest BCUT2D eigenvalue weighted by atomic mass is 19.4. The van der Waals surface area contributed by atoms with E-state index in [2.05, 4.69) is 10.1 Å². The molecule has 2 rings (SSSR count). The third-order valence-electron chi connectivity index (χ3n) is 3.06. The molecule has 0 heterocycles. The Kier molecular flexibility index (Phi) is 4.90. The fraction of sp³-hybridized carbons (Fsp3) is 0.188. The molecule has 2 aromatic rings. The van der Waals surface area contributed by atoms with Gasteiger partial charge in [-0.25, -0.2) is 0 Å². The van der Waals surface area contributed by atoms with E-state index in [0.29, 0.717) is 11.3 Å². The van der Waals surface area contributed by atoms with Gasteiger partial charge in [0.1, 0.15) is 5.75 Å². The zero-order valence-corrected chi connectivity index (χ0v) is 12.1. The number of amides is 1. The Balaban J connectivity index is 2.19. The highest BCUT2D eigenvalue weighted by molar-refractivity contribution is 6.04. The van der Waals surface area contributed by atoms with Gasteiger partial charge in [-0.15, -0.1) is 13.2 Å². The van der Waals surface area contributed by atoms with Crippen LogP contribution in [0.4, 0.5) is 18.9 Å². The first kappa shape index (κ1) is 16.8. The van der Waals surface area contributed by atoms with Crippen LogP contribution in [0.3, 0.4) is 0 Å². The Morgan fingerprint density at radius 3 is 2.61 bits per heavy atom. The number of hydrogen-bond donors (Lipinski definition) is 2. The molecule has 0 atom stereocenters. The highest BCUT2D eigenvalue weighted by Gasteiger charge is 2.31. The van der Waals surface area contributed by atoms with Crippen molar-refractivity contribution in [1.82, 2.24) is 0 Å². The minimum Gasteiger partial charge on any atom is -0.406 e. The summed E-state index contributed by atoms with van der Waals surface area (Å²) in [7, 11) is 0. The first-order valence-electron chi connectivity index (χ1n) is 6.66. The molecule has 0 unspecified atom stereocenters. The number of aryl methyl sites for hydroxylation is 1. The van der Waals surface area contributed by atoms with Gasteiger partial charge in [-0.1, -0.05) is 18.2 Å². The smallest absolute Gasteiger partial charge is 0.406 e. The number of halogens is 3. The van der Waals surface area contributed by atoms with Crippen LogP contribution < -0.4 is 10.1 Å². The molecule has 0 aliphatic heterocycles. The number of benzene rings is 2. The fourth-order valence-electron chi connectivity index (χ4n) is 1.93. The second kappa shape index (κ2) is 6.70. The molecule has 1 amide bonds. The Bertz CT molecular complexity index is 714. The zero-order chi connectivity index (χ0) is 17.0. The van der Waals surface area contributed by atoms with Gasteiger partial charge in [0.05, 0.1) is 6.61 Å². The number of aliphatic hydroxyl groups excluding tert-OH is 1. The van der Waals surface area contributed by atoms with Crippen LogP contribution in [0.25, 0.3) is 0 Å². The van der Waals surface area contributed by atoms with Crippen LogP contribution in [0, 0.1) is 6.92 Å². The van der Waals surface area contributed by atoms with Gasteiger partial charge < -0.3 is 15.2 Å². The maximum Gasteiger partial charge on any atom is 0.573 e. The van der Waals surface area contributed by atoms with E-state index < -0.39 is 18.0 Å². The molecule has 0 aliphatic rings. The van der Waals surface area contributed by atoms with E-state index in [4.69, 9.17) is 5.11 Å².